The van der Waals surface area contributed by atoms with Crippen LogP contribution in [0.15, 0.2) is 24.3 Å². The number of benzene rings is 1. The first-order chi connectivity index (χ1) is 15.5. The van der Waals surface area contributed by atoms with E-state index in [1.807, 2.05) is 0 Å². The fourth-order valence-corrected chi connectivity index (χ4v) is 5.44. The van der Waals surface area contributed by atoms with Gasteiger partial charge in [0.25, 0.3) is 5.91 Å². The van der Waals surface area contributed by atoms with Crippen LogP contribution >= 0.6 is 11.3 Å². The molecule has 3 aliphatic heterocycles. The lowest BCUT2D eigenvalue weighted by Gasteiger charge is -2.28. The Hall–Kier alpha value is -2.85. The Labute approximate surface area is 188 Å². The van der Waals surface area contributed by atoms with E-state index in [2.05, 4.69) is 10.3 Å². The summed E-state index contributed by atoms with van der Waals surface area (Å²) < 4.78 is 18.6. The molecule has 2 saturated heterocycles. The van der Waals surface area contributed by atoms with Crippen LogP contribution in [-0.2, 0) is 32.1 Å². The van der Waals surface area contributed by atoms with E-state index in [-0.39, 0.29) is 36.5 Å². The summed E-state index contributed by atoms with van der Waals surface area (Å²) in [7, 11) is 0. The molecule has 1 aromatic heterocycles. The van der Waals surface area contributed by atoms with Gasteiger partial charge in [0.2, 0.25) is 11.8 Å². The molecule has 0 radical (unpaired) electrons. The highest BCUT2D eigenvalue weighted by atomic mass is 32.1. The summed E-state index contributed by atoms with van der Waals surface area (Å²) in [5, 5.41) is 3.37. The van der Waals surface area contributed by atoms with Crippen molar-refractivity contribution in [3.05, 3.63) is 40.7 Å². The average Bonchev–Trinajstić information content (AvgIpc) is 3.53. The van der Waals surface area contributed by atoms with Gasteiger partial charge in [0.05, 0.1) is 18.2 Å². The number of halogens is 1. The minimum absolute atomic E-state index is 0.0630. The van der Waals surface area contributed by atoms with Gasteiger partial charge in [0.1, 0.15) is 11.9 Å². The molecule has 0 bridgehead atoms. The molecule has 0 saturated carbocycles. The molecule has 2 fully saturated rings. The summed E-state index contributed by atoms with van der Waals surface area (Å²) in [6, 6.07) is 5.72. The van der Waals surface area contributed by atoms with Crippen molar-refractivity contribution in [3.63, 3.8) is 0 Å². The van der Waals surface area contributed by atoms with E-state index in [1.54, 1.807) is 21.9 Å². The second-order valence-corrected chi connectivity index (χ2v) is 9.36. The maximum atomic E-state index is 13.2. The van der Waals surface area contributed by atoms with E-state index < -0.39 is 12.0 Å². The van der Waals surface area contributed by atoms with Gasteiger partial charge < -0.3 is 14.5 Å². The molecule has 3 aliphatic rings. The largest absolute Gasteiger partial charge is 0.368 e. The van der Waals surface area contributed by atoms with E-state index in [0.717, 1.165) is 17.0 Å². The number of nitrogens with zero attached hydrogens (tertiary/aromatic N) is 3. The molecule has 1 N–H and O–H groups in total. The minimum Gasteiger partial charge on any atom is -0.368 e. The van der Waals surface area contributed by atoms with Crippen LogP contribution < -0.4 is 10.2 Å². The van der Waals surface area contributed by atoms with Gasteiger partial charge in [-0.05, 0) is 37.1 Å². The number of carbonyl (C=O) groups is 3. The van der Waals surface area contributed by atoms with Gasteiger partial charge in [0, 0.05) is 43.1 Å². The van der Waals surface area contributed by atoms with E-state index in [1.165, 1.54) is 23.5 Å². The van der Waals surface area contributed by atoms with Crippen molar-refractivity contribution in [1.82, 2.24) is 9.88 Å². The molecular formula is C22H23FN4O4S. The fraction of sp³-hybridized carbons (Fsp3) is 0.455. The van der Waals surface area contributed by atoms with Gasteiger partial charge in [0.15, 0.2) is 5.13 Å². The lowest BCUT2D eigenvalue weighted by Crippen LogP contribution is -2.40. The number of anilines is 2. The summed E-state index contributed by atoms with van der Waals surface area (Å²) >= 11 is 1.38. The molecule has 168 valence electrons. The molecule has 0 aliphatic carbocycles. The summed E-state index contributed by atoms with van der Waals surface area (Å²) in [6.07, 6.45) is 1.93. The quantitative estimate of drug-likeness (QED) is 0.759. The van der Waals surface area contributed by atoms with Crippen molar-refractivity contribution in [3.8, 4) is 0 Å². The molecule has 1 aromatic carbocycles. The van der Waals surface area contributed by atoms with Crippen molar-refractivity contribution >= 4 is 39.9 Å². The second kappa shape index (κ2) is 8.59. The molecule has 5 rings (SSSR count). The summed E-state index contributed by atoms with van der Waals surface area (Å²) in [5.41, 5.74) is 1.50. The van der Waals surface area contributed by atoms with Gasteiger partial charge in [-0.15, -0.1) is 0 Å². The van der Waals surface area contributed by atoms with Crippen molar-refractivity contribution in [1.29, 1.82) is 0 Å². The van der Waals surface area contributed by atoms with Crippen LogP contribution in [0, 0.1) is 11.7 Å². The summed E-state index contributed by atoms with van der Waals surface area (Å²) in [6.45, 7) is 1.84. The highest BCUT2D eigenvalue weighted by molar-refractivity contribution is 7.15. The predicted molar refractivity (Wildman–Crippen MR) is 116 cm³/mol. The van der Waals surface area contributed by atoms with Crippen molar-refractivity contribution in [2.75, 3.05) is 29.9 Å². The summed E-state index contributed by atoms with van der Waals surface area (Å²) in [5.74, 6) is -1.17. The first-order valence-electron chi connectivity index (χ1n) is 10.7. The number of amides is 3. The number of hydrogen-bond donors (Lipinski definition) is 1. The maximum Gasteiger partial charge on any atom is 0.255 e. The van der Waals surface area contributed by atoms with Crippen molar-refractivity contribution < 1.29 is 23.5 Å². The average molecular weight is 459 g/mol. The molecule has 4 heterocycles. The Kier molecular flexibility index (Phi) is 5.64. The lowest BCUT2D eigenvalue weighted by atomic mass is 10.1. The van der Waals surface area contributed by atoms with Crippen LogP contribution in [0.4, 0.5) is 15.2 Å². The molecule has 0 unspecified atom stereocenters. The number of rotatable bonds is 4. The SMILES string of the molecule is O=C(Nc1nc2c(s1)CN(C(=O)[C@H]1CC(=O)N(c3ccc(F)cc3)C1)CC2)[C@@H]1CCCO1. The van der Waals surface area contributed by atoms with Crippen molar-refractivity contribution in [2.45, 2.75) is 38.3 Å². The van der Waals surface area contributed by atoms with Crippen LogP contribution in [0.3, 0.4) is 0 Å². The van der Waals surface area contributed by atoms with E-state index in [0.29, 0.717) is 43.4 Å². The lowest BCUT2D eigenvalue weighted by molar-refractivity contribution is -0.136. The number of fused-ring (bicyclic) bond motifs is 1. The van der Waals surface area contributed by atoms with Crippen molar-refractivity contribution in [2.24, 2.45) is 5.92 Å². The monoisotopic (exact) mass is 458 g/mol. The van der Waals surface area contributed by atoms with E-state index in [9.17, 15) is 18.8 Å². The fourth-order valence-electron chi connectivity index (χ4n) is 4.41. The normalized spacial score (nSPS) is 22.8. The second-order valence-electron chi connectivity index (χ2n) is 8.27. The molecule has 3 amide bonds. The third kappa shape index (κ3) is 4.12. The number of thiazole rings is 1. The number of ether oxygens (including phenoxy) is 1. The van der Waals surface area contributed by atoms with Gasteiger partial charge in [-0.25, -0.2) is 9.37 Å². The van der Waals surface area contributed by atoms with Gasteiger partial charge in [-0.3, -0.25) is 19.7 Å². The number of carbonyl (C=O) groups excluding carboxylic acids is 3. The highest BCUT2D eigenvalue weighted by Gasteiger charge is 2.38. The third-order valence-electron chi connectivity index (χ3n) is 6.11. The maximum absolute atomic E-state index is 13.2. The molecular weight excluding hydrogens is 435 g/mol. The van der Waals surface area contributed by atoms with Gasteiger partial charge >= 0.3 is 0 Å². The Morgan fingerprint density at radius 2 is 2.06 bits per heavy atom. The minimum atomic E-state index is -0.430. The Bertz CT molecular complexity index is 1050. The third-order valence-corrected chi connectivity index (χ3v) is 7.11. The summed E-state index contributed by atoms with van der Waals surface area (Å²) in [4.78, 5) is 46.7. The Morgan fingerprint density at radius 1 is 1.25 bits per heavy atom. The topological polar surface area (TPSA) is 91.8 Å². The zero-order valence-corrected chi connectivity index (χ0v) is 18.2. The molecule has 2 atom stereocenters. The molecule has 10 heteroatoms. The molecule has 32 heavy (non-hydrogen) atoms. The molecule has 2 aromatic rings. The molecule has 0 spiro atoms. The van der Waals surface area contributed by atoms with Crippen LogP contribution in [0.2, 0.25) is 0 Å². The number of hydrogen-bond acceptors (Lipinski definition) is 6. The van der Waals surface area contributed by atoms with Crippen LogP contribution in [-0.4, -0.2) is 53.4 Å². The molecule has 8 nitrogen and oxygen atoms in total. The van der Waals surface area contributed by atoms with Gasteiger partial charge in [-0.2, -0.15) is 0 Å². The highest BCUT2D eigenvalue weighted by Crippen LogP contribution is 2.32. The number of nitrogens with one attached hydrogen (secondary N) is 1. The van der Waals surface area contributed by atoms with E-state index >= 15 is 0 Å². The zero-order chi connectivity index (χ0) is 22.2. The van der Waals surface area contributed by atoms with Gasteiger partial charge in [-0.1, -0.05) is 11.3 Å². The van der Waals surface area contributed by atoms with Crippen LogP contribution in [0.5, 0.6) is 0 Å². The predicted octanol–water partition coefficient (Wildman–Crippen LogP) is 2.34. The number of aromatic nitrogens is 1. The first kappa shape index (κ1) is 21.0. The van der Waals surface area contributed by atoms with E-state index in [4.69, 9.17) is 4.74 Å². The zero-order valence-electron chi connectivity index (χ0n) is 17.4. The first-order valence-corrected chi connectivity index (χ1v) is 11.6. The van der Waals surface area contributed by atoms with Crippen LogP contribution in [0.25, 0.3) is 0 Å². The Morgan fingerprint density at radius 3 is 2.81 bits per heavy atom. The smallest absolute Gasteiger partial charge is 0.255 e. The van der Waals surface area contributed by atoms with Crippen LogP contribution in [0.1, 0.15) is 29.8 Å². The standard InChI is InChI=1S/C22H23FN4O4S/c23-14-3-5-15(6-4-14)27-11-13(10-19(27)28)21(30)26-8-7-16-18(12-26)32-22(24-16)25-20(29)17-2-1-9-31-17/h3-6,13,17H,1-2,7-12H2,(H,24,25,29)/t13-,17-/m0/s1. The Balaban J connectivity index is 1.22.